The Labute approximate surface area is 66.3 Å². The molecule has 0 aromatic heterocycles. The number of hydrogen-bond donors (Lipinski definition) is 2. The fourth-order valence-electron chi connectivity index (χ4n) is 0.505. The molecule has 11 heavy (non-hydrogen) atoms. The summed E-state index contributed by atoms with van der Waals surface area (Å²) < 4.78 is 4.57. The molecule has 1 unspecified atom stereocenters. The number of hydrogen-bond acceptors (Lipinski definition) is 3. The fourth-order valence-corrected chi connectivity index (χ4v) is 0.505. The van der Waals surface area contributed by atoms with Gasteiger partial charge < -0.3 is 15.6 Å². The van der Waals surface area contributed by atoms with Crippen LogP contribution in [0, 0.1) is 5.41 Å². The van der Waals surface area contributed by atoms with Gasteiger partial charge in [0.25, 0.3) is 0 Å². The lowest BCUT2D eigenvalue weighted by Crippen LogP contribution is -2.29. The van der Waals surface area contributed by atoms with Crippen LogP contribution >= 0.6 is 0 Å². The quantitative estimate of drug-likeness (QED) is 0.630. The summed E-state index contributed by atoms with van der Waals surface area (Å²) in [6.07, 6.45) is -0.0466. The third-order valence-corrected chi connectivity index (χ3v) is 1.80. The molecule has 0 aliphatic heterocycles. The van der Waals surface area contributed by atoms with Crippen molar-refractivity contribution in [2.24, 2.45) is 11.1 Å². The summed E-state index contributed by atoms with van der Waals surface area (Å²) in [6.45, 7) is 3.92. The Hall–Kier alpha value is -0.770. The summed E-state index contributed by atoms with van der Waals surface area (Å²) in [6, 6.07) is 0. The second kappa shape index (κ2) is 4.18. The molecule has 0 aromatic carbocycles. The maximum atomic E-state index is 10.2. The van der Waals surface area contributed by atoms with Crippen molar-refractivity contribution in [2.75, 3.05) is 13.2 Å². The standard InChI is InChI=1S/C7H15NO3/c1-3-7(2,4-9)5-11-6(8)10/h9H,3-5H2,1-2H3,(H2,8,10). The number of amides is 1. The SMILES string of the molecule is CCC(C)(CO)COC(N)=O. The van der Waals surface area contributed by atoms with E-state index in [4.69, 9.17) is 10.8 Å². The van der Waals surface area contributed by atoms with Gasteiger partial charge in [0.1, 0.15) is 6.61 Å². The molecular weight excluding hydrogens is 146 g/mol. The second-order valence-electron chi connectivity index (χ2n) is 2.93. The van der Waals surface area contributed by atoms with Gasteiger partial charge in [-0.25, -0.2) is 4.79 Å². The van der Waals surface area contributed by atoms with E-state index >= 15 is 0 Å². The predicted molar refractivity (Wildman–Crippen MR) is 41.0 cm³/mol. The van der Waals surface area contributed by atoms with Gasteiger partial charge in [-0.15, -0.1) is 0 Å². The highest BCUT2D eigenvalue weighted by Crippen LogP contribution is 2.19. The fraction of sp³-hybridized carbons (Fsp3) is 0.857. The van der Waals surface area contributed by atoms with Gasteiger partial charge >= 0.3 is 6.09 Å². The van der Waals surface area contributed by atoms with Gasteiger partial charge in [0.2, 0.25) is 0 Å². The number of carbonyl (C=O) groups is 1. The van der Waals surface area contributed by atoms with Crippen LogP contribution in [0.25, 0.3) is 0 Å². The Morgan fingerprint density at radius 3 is 2.55 bits per heavy atom. The number of ether oxygens (including phenoxy) is 1. The summed E-state index contributed by atoms with van der Waals surface area (Å²) in [5.41, 5.74) is 4.41. The van der Waals surface area contributed by atoms with Crippen molar-refractivity contribution in [1.82, 2.24) is 0 Å². The number of rotatable bonds is 4. The molecule has 0 aliphatic rings. The van der Waals surface area contributed by atoms with Crippen molar-refractivity contribution in [3.05, 3.63) is 0 Å². The average molecular weight is 161 g/mol. The Morgan fingerprint density at radius 1 is 1.73 bits per heavy atom. The average Bonchev–Trinajstić information content (AvgIpc) is 2.00. The molecule has 0 aliphatic carbocycles. The van der Waals surface area contributed by atoms with Crippen molar-refractivity contribution < 1.29 is 14.6 Å². The summed E-state index contributed by atoms with van der Waals surface area (Å²) >= 11 is 0. The molecule has 3 N–H and O–H groups in total. The first kappa shape index (κ1) is 10.2. The van der Waals surface area contributed by atoms with Gasteiger partial charge in [-0.05, 0) is 6.42 Å². The van der Waals surface area contributed by atoms with Crippen LogP contribution in [0.4, 0.5) is 4.79 Å². The number of aliphatic hydroxyl groups excluding tert-OH is 1. The molecule has 0 radical (unpaired) electrons. The van der Waals surface area contributed by atoms with Gasteiger partial charge in [0.15, 0.2) is 0 Å². The van der Waals surface area contributed by atoms with Crippen molar-refractivity contribution in [3.63, 3.8) is 0 Å². The molecule has 4 heteroatoms. The Bertz CT molecular complexity index is 132. The molecule has 0 fully saturated rings. The first-order valence-corrected chi connectivity index (χ1v) is 3.57. The summed E-state index contributed by atoms with van der Waals surface area (Å²) in [4.78, 5) is 10.2. The van der Waals surface area contributed by atoms with E-state index in [1.165, 1.54) is 0 Å². The predicted octanol–water partition coefficient (Wildman–Crippen LogP) is 0.490. The van der Waals surface area contributed by atoms with E-state index in [0.717, 1.165) is 6.42 Å². The van der Waals surface area contributed by atoms with Crippen LogP contribution in [-0.4, -0.2) is 24.4 Å². The Morgan fingerprint density at radius 2 is 2.27 bits per heavy atom. The Balaban J connectivity index is 3.78. The van der Waals surface area contributed by atoms with Gasteiger partial charge in [0.05, 0.1) is 6.61 Å². The smallest absolute Gasteiger partial charge is 0.404 e. The molecule has 0 rings (SSSR count). The molecule has 0 saturated heterocycles. The minimum atomic E-state index is -0.793. The molecule has 0 heterocycles. The van der Waals surface area contributed by atoms with Crippen LogP contribution in [-0.2, 0) is 4.74 Å². The summed E-state index contributed by atoms with van der Waals surface area (Å²) in [5, 5.41) is 8.87. The van der Waals surface area contributed by atoms with Gasteiger partial charge in [0, 0.05) is 5.41 Å². The minimum absolute atomic E-state index is 0.00319. The zero-order chi connectivity index (χ0) is 8.91. The van der Waals surface area contributed by atoms with Gasteiger partial charge in [-0.1, -0.05) is 13.8 Å². The van der Waals surface area contributed by atoms with Crippen LogP contribution in [0.2, 0.25) is 0 Å². The third-order valence-electron chi connectivity index (χ3n) is 1.80. The molecule has 0 aromatic rings. The van der Waals surface area contributed by atoms with Crippen LogP contribution in [0.3, 0.4) is 0 Å². The normalized spacial score (nSPS) is 15.5. The van der Waals surface area contributed by atoms with Crippen molar-refractivity contribution in [3.8, 4) is 0 Å². The van der Waals surface area contributed by atoms with Crippen molar-refractivity contribution in [1.29, 1.82) is 0 Å². The summed E-state index contributed by atoms with van der Waals surface area (Å²) in [5.74, 6) is 0. The zero-order valence-corrected chi connectivity index (χ0v) is 6.96. The second-order valence-corrected chi connectivity index (χ2v) is 2.93. The minimum Gasteiger partial charge on any atom is -0.449 e. The highest BCUT2D eigenvalue weighted by molar-refractivity contribution is 5.64. The lowest BCUT2D eigenvalue weighted by Gasteiger charge is -2.23. The van der Waals surface area contributed by atoms with E-state index < -0.39 is 6.09 Å². The molecule has 0 saturated carbocycles. The molecule has 66 valence electrons. The van der Waals surface area contributed by atoms with E-state index in [2.05, 4.69) is 4.74 Å². The highest BCUT2D eigenvalue weighted by Gasteiger charge is 2.22. The van der Waals surface area contributed by atoms with Crippen LogP contribution in [0.1, 0.15) is 20.3 Å². The maximum Gasteiger partial charge on any atom is 0.404 e. The molecular formula is C7H15NO3. The lowest BCUT2D eigenvalue weighted by atomic mass is 9.90. The van der Waals surface area contributed by atoms with Crippen molar-refractivity contribution in [2.45, 2.75) is 20.3 Å². The van der Waals surface area contributed by atoms with Crippen LogP contribution in [0.15, 0.2) is 0 Å². The van der Waals surface area contributed by atoms with Crippen LogP contribution in [0.5, 0.6) is 0 Å². The lowest BCUT2D eigenvalue weighted by molar-refractivity contribution is 0.0509. The molecule has 4 nitrogen and oxygen atoms in total. The van der Waals surface area contributed by atoms with E-state index in [9.17, 15) is 4.79 Å². The highest BCUT2D eigenvalue weighted by atomic mass is 16.5. The van der Waals surface area contributed by atoms with E-state index in [1.807, 2.05) is 13.8 Å². The first-order valence-electron chi connectivity index (χ1n) is 3.57. The number of carbonyl (C=O) groups excluding carboxylic acids is 1. The zero-order valence-electron chi connectivity index (χ0n) is 6.96. The largest absolute Gasteiger partial charge is 0.449 e. The molecule has 1 atom stereocenters. The molecule has 0 bridgehead atoms. The summed E-state index contributed by atoms with van der Waals surface area (Å²) in [7, 11) is 0. The number of aliphatic hydroxyl groups is 1. The van der Waals surface area contributed by atoms with Gasteiger partial charge in [-0.2, -0.15) is 0 Å². The molecule has 0 spiro atoms. The van der Waals surface area contributed by atoms with E-state index in [1.54, 1.807) is 0 Å². The molecule has 1 amide bonds. The number of primary amides is 1. The topological polar surface area (TPSA) is 72.6 Å². The van der Waals surface area contributed by atoms with Gasteiger partial charge in [-0.3, -0.25) is 0 Å². The van der Waals surface area contributed by atoms with E-state index in [-0.39, 0.29) is 18.6 Å². The monoisotopic (exact) mass is 161 g/mol. The third kappa shape index (κ3) is 3.83. The van der Waals surface area contributed by atoms with Crippen LogP contribution < -0.4 is 5.73 Å². The van der Waals surface area contributed by atoms with Crippen molar-refractivity contribution >= 4 is 6.09 Å². The van der Waals surface area contributed by atoms with E-state index in [0.29, 0.717) is 0 Å². The number of nitrogens with two attached hydrogens (primary N) is 1. The maximum absolute atomic E-state index is 10.2. The Kier molecular flexibility index (Phi) is 3.89. The first-order chi connectivity index (χ1) is 5.04.